The molecule has 0 aromatic heterocycles. The molecule has 0 aliphatic rings. The topological polar surface area (TPSA) is 12.0 Å². The normalized spacial score (nSPS) is 14.8. The zero-order valence-corrected chi connectivity index (χ0v) is 11.0. The van der Waals surface area contributed by atoms with E-state index in [-0.39, 0.29) is 5.54 Å². The Morgan fingerprint density at radius 3 is 2.00 bits per heavy atom. The molecule has 14 heavy (non-hydrogen) atoms. The van der Waals surface area contributed by atoms with Gasteiger partial charge in [-0.05, 0) is 45.6 Å². The Bertz CT molecular complexity index is 133. The maximum atomic E-state index is 3.57. The lowest BCUT2D eigenvalue weighted by atomic mass is 9.88. The molecule has 0 aliphatic heterocycles. The van der Waals surface area contributed by atoms with E-state index in [0.29, 0.717) is 0 Å². The number of hydrogen-bond acceptors (Lipinski definition) is 1. The maximum Gasteiger partial charge on any atom is 0.00965 e. The zero-order chi connectivity index (χ0) is 11.2. The fourth-order valence-electron chi connectivity index (χ4n) is 1.81. The van der Waals surface area contributed by atoms with Crippen molar-refractivity contribution >= 4 is 0 Å². The van der Waals surface area contributed by atoms with E-state index >= 15 is 0 Å². The maximum absolute atomic E-state index is 3.57. The van der Waals surface area contributed by atoms with E-state index in [9.17, 15) is 0 Å². The van der Waals surface area contributed by atoms with Gasteiger partial charge in [0.25, 0.3) is 0 Å². The van der Waals surface area contributed by atoms with E-state index in [2.05, 4.69) is 46.9 Å². The van der Waals surface area contributed by atoms with Gasteiger partial charge in [0.2, 0.25) is 0 Å². The van der Waals surface area contributed by atoms with Gasteiger partial charge in [0.15, 0.2) is 0 Å². The first kappa shape index (κ1) is 14.0. The summed E-state index contributed by atoms with van der Waals surface area (Å²) in [5.41, 5.74) is 0.272. The molecule has 0 radical (unpaired) electrons. The molecule has 0 aromatic rings. The lowest BCUT2D eigenvalue weighted by molar-refractivity contribution is 0.309. The van der Waals surface area contributed by atoms with Crippen molar-refractivity contribution in [3.8, 4) is 0 Å². The van der Waals surface area contributed by atoms with Crippen molar-refractivity contribution in [2.24, 2.45) is 11.8 Å². The van der Waals surface area contributed by atoms with Gasteiger partial charge >= 0.3 is 0 Å². The van der Waals surface area contributed by atoms with Gasteiger partial charge in [0, 0.05) is 5.54 Å². The summed E-state index contributed by atoms with van der Waals surface area (Å²) in [4.78, 5) is 0. The Kier molecular flexibility index (Phi) is 6.43. The molecule has 0 spiro atoms. The summed E-state index contributed by atoms with van der Waals surface area (Å²) in [6.45, 7) is 14.8. The third-order valence-corrected chi connectivity index (χ3v) is 2.77. The van der Waals surface area contributed by atoms with Gasteiger partial charge in [0.1, 0.15) is 0 Å². The highest BCUT2D eigenvalue weighted by molar-refractivity contribution is 4.72. The summed E-state index contributed by atoms with van der Waals surface area (Å²) in [7, 11) is 0. The average Bonchev–Trinajstić information content (AvgIpc) is 2.00. The first-order valence-corrected chi connectivity index (χ1v) is 6.12. The molecular formula is C13H29N. The second-order valence-corrected chi connectivity index (χ2v) is 5.76. The second-order valence-electron chi connectivity index (χ2n) is 5.76. The summed E-state index contributed by atoms with van der Waals surface area (Å²) < 4.78 is 0. The van der Waals surface area contributed by atoms with Gasteiger partial charge in [-0.25, -0.2) is 0 Å². The van der Waals surface area contributed by atoms with Crippen LogP contribution < -0.4 is 5.32 Å². The molecule has 0 fully saturated rings. The minimum atomic E-state index is 0.272. The first-order chi connectivity index (χ1) is 6.37. The van der Waals surface area contributed by atoms with Crippen molar-refractivity contribution in [1.29, 1.82) is 0 Å². The minimum Gasteiger partial charge on any atom is -0.312 e. The number of nitrogens with one attached hydrogen (secondary N) is 1. The molecule has 0 saturated heterocycles. The van der Waals surface area contributed by atoms with Crippen LogP contribution in [-0.4, -0.2) is 12.1 Å². The van der Waals surface area contributed by atoms with Gasteiger partial charge in [-0.3, -0.25) is 0 Å². The number of hydrogen-bond donors (Lipinski definition) is 1. The van der Waals surface area contributed by atoms with Gasteiger partial charge < -0.3 is 5.32 Å². The molecule has 0 bridgehead atoms. The summed E-state index contributed by atoms with van der Waals surface area (Å²) in [5, 5.41) is 3.57. The lowest BCUT2D eigenvalue weighted by Crippen LogP contribution is -2.37. The Morgan fingerprint density at radius 2 is 1.64 bits per heavy atom. The van der Waals surface area contributed by atoms with Crippen LogP contribution in [0.4, 0.5) is 0 Å². The monoisotopic (exact) mass is 199 g/mol. The number of rotatable bonds is 6. The van der Waals surface area contributed by atoms with Gasteiger partial charge in [-0.15, -0.1) is 0 Å². The molecule has 1 nitrogen and oxygen atoms in total. The third-order valence-electron chi connectivity index (χ3n) is 2.77. The van der Waals surface area contributed by atoms with E-state index in [1.807, 2.05) is 0 Å². The Morgan fingerprint density at radius 1 is 1.07 bits per heavy atom. The Balaban J connectivity index is 3.72. The van der Waals surface area contributed by atoms with Crippen LogP contribution in [0.25, 0.3) is 0 Å². The summed E-state index contributed by atoms with van der Waals surface area (Å²) in [6.07, 6.45) is 4.02. The van der Waals surface area contributed by atoms with Crippen molar-refractivity contribution in [2.45, 2.75) is 66.3 Å². The Hall–Kier alpha value is -0.0400. The molecule has 0 heterocycles. The summed E-state index contributed by atoms with van der Waals surface area (Å²) >= 11 is 0. The van der Waals surface area contributed by atoms with Crippen LogP contribution in [0.5, 0.6) is 0 Å². The van der Waals surface area contributed by atoms with Crippen molar-refractivity contribution < 1.29 is 0 Å². The van der Waals surface area contributed by atoms with Crippen LogP contribution >= 0.6 is 0 Å². The highest BCUT2D eigenvalue weighted by Gasteiger charge is 2.14. The molecular weight excluding hydrogens is 170 g/mol. The van der Waals surface area contributed by atoms with Crippen molar-refractivity contribution in [3.05, 3.63) is 0 Å². The van der Waals surface area contributed by atoms with E-state index in [1.54, 1.807) is 0 Å². The minimum absolute atomic E-state index is 0.272. The van der Waals surface area contributed by atoms with Crippen LogP contribution in [0, 0.1) is 11.8 Å². The molecule has 0 aliphatic carbocycles. The lowest BCUT2D eigenvalue weighted by Gasteiger charge is -2.25. The van der Waals surface area contributed by atoms with Gasteiger partial charge in [-0.1, -0.05) is 33.6 Å². The fourth-order valence-corrected chi connectivity index (χ4v) is 1.81. The summed E-state index contributed by atoms with van der Waals surface area (Å²) in [6, 6.07) is 0. The molecule has 1 unspecified atom stereocenters. The quantitative estimate of drug-likeness (QED) is 0.685. The molecule has 0 saturated carbocycles. The first-order valence-electron chi connectivity index (χ1n) is 6.12. The smallest absolute Gasteiger partial charge is 0.00965 e. The molecule has 1 atom stereocenters. The van der Waals surface area contributed by atoms with Crippen LogP contribution in [0.15, 0.2) is 0 Å². The van der Waals surface area contributed by atoms with E-state index in [4.69, 9.17) is 0 Å². The van der Waals surface area contributed by atoms with E-state index in [0.717, 1.165) is 18.4 Å². The van der Waals surface area contributed by atoms with E-state index < -0.39 is 0 Å². The largest absolute Gasteiger partial charge is 0.312 e. The van der Waals surface area contributed by atoms with Gasteiger partial charge in [0.05, 0.1) is 0 Å². The van der Waals surface area contributed by atoms with Crippen molar-refractivity contribution in [3.63, 3.8) is 0 Å². The zero-order valence-electron chi connectivity index (χ0n) is 11.0. The van der Waals surface area contributed by atoms with Crippen LogP contribution in [0.2, 0.25) is 0 Å². The third kappa shape index (κ3) is 7.37. The average molecular weight is 199 g/mol. The SMILES string of the molecule is CCCC(CCNC(C)(C)C)C(C)C. The molecule has 0 aromatic carbocycles. The fraction of sp³-hybridized carbons (Fsp3) is 1.00. The van der Waals surface area contributed by atoms with Crippen molar-refractivity contribution in [2.75, 3.05) is 6.54 Å². The predicted molar refractivity (Wildman–Crippen MR) is 65.6 cm³/mol. The molecule has 0 rings (SSSR count). The summed E-state index contributed by atoms with van der Waals surface area (Å²) in [5.74, 6) is 1.73. The van der Waals surface area contributed by atoms with Gasteiger partial charge in [-0.2, -0.15) is 0 Å². The van der Waals surface area contributed by atoms with Crippen molar-refractivity contribution in [1.82, 2.24) is 5.32 Å². The standard InChI is InChI=1S/C13H29N/c1-7-8-12(11(2)3)9-10-14-13(4,5)6/h11-12,14H,7-10H2,1-6H3. The molecule has 86 valence electrons. The second kappa shape index (κ2) is 6.44. The molecule has 0 amide bonds. The highest BCUT2D eigenvalue weighted by Crippen LogP contribution is 2.20. The van der Waals surface area contributed by atoms with E-state index in [1.165, 1.54) is 19.3 Å². The molecule has 1 N–H and O–H groups in total. The van der Waals surface area contributed by atoms with Crippen LogP contribution in [0.1, 0.15) is 60.8 Å². The van der Waals surface area contributed by atoms with Crippen LogP contribution in [0.3, 0.4) is 0 Å². The highest BCUT2D eigenvalue weighted by atomic mass is 14.9. The predicted octanol–water partition coefficient (Wildman–Crippen LogP) is 3.84. The molecule has 1 heteroatoms. The van der Waals surface area contributed by atoms with Crippen LogP contribution in [-0.2, 0) is 0 Å². The Labute approximate surface area is 90.7 Å².